The largest absolute Gasteiger partial charge is 0.494 e. The highest BCUT2D eigenvalue weighted by atomic mass is 19.1. The first-order valence-corrected chi connectivity index (χ1v) is 9.48. The van der Waals surface area contributed by atoms with E-state index < -0.39 is 5.82 Å². The number of hydrogen-bond acceptors (Lipinski definition) is 6. The van der Waals surface area contributed by atoms with Crippen LogP contribution in [0.15, 0.2) is 24.4 Å². The van der Waals surface area contributed by atoms with Crippen molar-refractivity contribution in [3.8, 4) is 5.75 Å². The Balaban J connectivity index is 1.50. The average molecular weight is 385 g/mol. The third-order valence-corrected chi connectivity index (χ3v) is 5.74. The number of nitrogens with one attached hydrogen (secondary N) is 2. The molecule has 0 bridgehead atoms. The van der Waals surface area contributed by atoms with Crippen molar-refractivity contribution in [2.75, 3.05) is 37.0 Å². The lowest BCUT2D eigenvalue weighted by atomic mass is 9.77. The molecule has 2 aliphatic heterocycles. The summed E-state index contributed by atoms with van der Waals surface area (Å²) in [6.45, 7) is 4.31. The Kier molecular flexibility index (Phi) is 4.78. The topological polar surface area (TPSA) is 79.4 Å². The molecule has 0 radical (unpaired) electrons. The van der Waals surface area contributed by atoms with Gasteiger partial charge in [-0.15, -0.1) is 0 Å². The first kappa shape index (κ1) is 18.5. The number of nitrogens with zero attached hydrogens (tertiary/aromatic N) is 3. The number of piperidine rings is 1. The van der Waals surface area contributed by atoms with Crippen molar-refractivity contribution in [2.45, 2.75) is 26.2 Å². The number of amides is 1. The van der Waals surface area contributed by atoms with Crippen LogP contribution in [0.3, 0.4) is 0 Å². The molecule has 2 saturated heterocycles. The van der Waals surface area contributed by atoms with Gasteiger partial charge in [0.2, 0.25) is 11.9 Å². The number of methoxy groups -OCH3 is 1. The molecular formula is C20H24FN5O2. The Hall–Kier alpha value is -2.90. The molecule has 2 N–H and O–H groups in total. The molecule has 2 aliphatic rings. The van der Waals surface area contributed by atoms with E-state index in [4.69, 9.17) is 4.74 Å². The van der Waals surface area contributed by atoms with Crippen LogP contribution in [0.4, 0.5) is 21.8 Å². The van der Waals surface area contributed by atoms with Crippen LogP contribution in [0, 0.1) is 18.2 Å². The van der Waals surface area contributed by atoms with Crippen molar-refractivity contribution in [1.82, 2.24) is 15.3 Å². The van der Waals surface area contributed by atoms with Gasteiger partial charge >= 0.3 is 0 Å². The van der Waals surface area contributed by atoms with Crippen LogP contribution in [0.25, 0.3) is 0 Å². The molecule has 4 rings (SSSR count). The zero-order valence-electron chi connectivity index (χ0n) is 16.1. The van der Waals surface area contributed by atoms with Gasteiger partial charge in [0.15, 0.2) is 11.6 Å². The molecule has 8 heteroatoms. The molecule has 2 fully saturated rings. The summed E-state index contributed by atoms with van der Waals surface area (Å²) in [5.74, 6) is 1.18. The molecule has 1 aromatic heterocycles. The standard InChI is InChI=1S/C20H24FN5O2/c1-13-12-23-19(24-14-3-4-16(28-2)15(21)11-14)25-17(13)26-9-6-20(7-10-26)5-8-22-18(20)27/h3-4,11-12H,5-10H2,1-2H3,(H,22,27)(H,23,24,25). The van der Waals surface area contributed by atoms with Crippen LogP contribution in [0.5, 0.6) is 5.75 Å². The summed E-state index contributed by atoms with van der Waals surface area (Å²) in [5, 5.41) is 6.01. The summed E-state index contributed by atoms with van der Waals surface area (Å²) in [6.07, 6.45) is 4.33. The third kappa shape index (κ3) is 3.34. The van der Waals surface area contributed by atoms with Gasteiger partial charge in [-0.25, -0.2) is 9.37 Å². The highest BCUT2D eigenvalue weighted by Crippen LogP contribution is 2.39. The average Bonchev–Trinajstić information content (AvgIpc) is 3.04. The number of halogens is 1. The number of aromatic nitrogens is 2. The fourth-order valence-electron chi connectivity index (χ4n) is 4.03. The Bertz CT molecular complexity index is 896. The lowest BCUT2D eigenvalue weighted by molar-refractivity contribution is -0.128. The zero-order chi connectivity index (χ0) is 19.7. The second kappa shape index (κ2) is 7.26. The zero-order valence-corrected chi connectivity index (χ0v) is 16.1. The Labute approximate surface area is 163 Å². The first-order valence-electron chi connectivity index (χ1n) is 9.48. The predicted molar refractivity (Wildman–Crippen MR) is 105 cm³/mol. The summed E-state index contributed by atoms with van der Waals surface area (Å²) < 4.78 is 18.9. The fraction of sp³-hybridized carbons (Fsp3) is 0.450. The van der Waals surface area contributed by atoms with Gasteiger partial charge < -0.3 is 20.3 Å². The van der Waals surface area contributed by atoms with Crippen LogP contribution in [-0.2, 0) is 4.79 Å². The summed E-state index contributed by atoms with van der Waals surface area (Å²) >= 11 is 0. The maximum absolute atomic E-state index is 13.9. The van der Waals surface area contributed by atoms with Crippen LogP contribution in [-0.4, -0.2) is 42.6 Å². The molecule has 7 nitrogen and oxygen atoms in total. The Morgan fingerprint density at radius 1 is 1.29 bits per heavy atom. The molecule has 148 valence electrons. The number of hydrogen-bond donors (Lipinski definition) is 2. The number of carbonyl (C=O) groups is 1. The van der Waals surface area contributed by atoms with Crippen molar-refractivity contribution < 1.29 is 13.9 Å². The van der Waals surface area contributed by atoms with Gasteiger partial charge in [0.25, 0.3) is 0 Å². The molecule has 0 unspecified atom stereocenters. The van der Waals surface area contributed by atoms with E-state index in [0.717, 1.165) is 50.3 Å². The molecule has 1 amide bonds. The van der Waals surface area contributed by atoms with Crippen LogP contribution < -0.4 is 20.3 Å². The predicted octanol–water partition coefficient (Wildman–Crippen LogP) is 2.78. The summed E-state index contributed by atoms with van der Waals surface area (Å²) in [5.41, 5.74) is 1.31. The molecule has 1 spiro atoms. The molecule has 0 saturated carbocycles. The fourth-order valence-corrected chi connectivity index (χ4v) is 4.03. The number of anilines is 3. The molecule has 0 atom stereocenters. The first-order chi connectivity index (χ1) is 13.5. The molecule has 0 aliphatic carbocycles. The van der Waals surface area contributed by atoms with E-state index >= 15 is 0 Å². The quantitative estimate of drug-likeness (QED) is 0.843. The lowest BCUT2D eigenvalue weighted by Gasteiger charge is -2.38. The van der Waals surface area contributed by atoms with Gasteiger partial charge in [-0.1, -0.05) is 0 Å². The van der Waals surface area contributed by atoms with Gasteiger partial charge in [0, 0.05) is 43.1 Å². The smallest absolute Gasteiger partial charge is 0.229 e. The van der Waals surface area contributed by atoms with Crippen LogP contribution in [0.1, 0.15) is 24.8 Å². The molecule has 2 aromatic rings. The van der Waals surface area contributed by atoms with Crippen LogP contribution >= 0.6 is 0 Å². The minimum absolute atomic E-state index is 0.189. The van der Waals surface area contributed by atoms with E-state index in [-0.39, 0.29) is 17.1 Å². The molecule has 3 heterocycles. The second-order valence-corrected chi connectivity index (χ2v) is 7.45. The highest BCUT2D eigenvalue weighted by molar-refractivity contribution is 5.85. The summed E-state index contributed by atoms with van der Waals surface area (Å²) in [4.78, 5) is 23.4. The minimum atomic E-state index is -0.448. The molecule has 1 aromatic carbocycles. The van der Waals surface area contributed by atoms with Crippen molar-refractivity contribution in [3.63, 3.8) is 0 Å². The van der Waals surface area contributed by atoms with Crippen molar-refractivity contribution >= 4 is 23.4 Å². The second-order valence-electron chi connectivity index (χ2n) is 7.45. The molecule has 28 heavy (non-hydrogen) atoms. The maximum Gasteiger partial charge on any atom is 0.229 e. The van der Waals surface area contributed by atoms with Gasteiger partial charge in [0.05, 0.1) is 12.5 Å². The number of aryl methyl sites for hydroxylation is 1. The lowest BCUT2D eigenvalue weighted by Crippen LogP contribution is -2.44. The van der Waals surface area contributed by atoms with Crippen LogP contribution in [0.2, 0.25) is 0 Å². The monoisotopic (exact) mass is 385 g/mol. The van der Waals surface area contributed by atoms with Crippen molar-refractivity contribution in [3.05, 3.63) is 35.8 Å². The summed E-state index contributed by atoms with van der Waals surface area (Å²) in [7, 11) is 1.43. The maximum atomic E-state index is 13.9. The number of rotatable bonds is 4. The van der Waals surface area contributed by atoms with Crippen molar-refractivity contribution in [1.29, 1.82) is 0 Å². The molecular weight excluding hydrogens is 361 g/mol. The van der Waals surface area contributed by atoms with E-state index in [9.17, 15) is 9.18 Å². The van der Waals surface area contributed by atoms with Gasteiger partial charge in [-0.3, -0.25) is 4.79 Å². The number of ether oxygens (including phenoxy) is 1. The Morgan fingerprint density at radius 3 is 2.71 bits per heavy atom. The van der Waals surface area contributed by atoms with Gasteiger partial charge in [0.1, 0.15) is 5.82 Å². The van der Waals surface area contributed by atoms with E-state index in [1.54, 1.807) is 18.3 Å². The van der Waals surface area contributed by atoms with E-state index in [2.05, 4.69) is 25.5 Å². The van der Waals surface area contributed by atoms with E-state index in [1.807, 2.05) is 6.92 Å². The number of benzene rings is 1. The third-order valence-electron chi connectivity index (χ3n) is 5.74. The van der Waals surface area contributed by atoms with Gasteiger partial charge in [-0.05, 0) is 38.3 Å². The Morgan fingerprint density at radius 2 is 2.07 bits per heavy atom. The minimum Gasteiger partial charge on any atom is -0.494 e. The normalized spacial score (nSPS) is 18.2. The SMILES string of the molecule is COc1ccc(Nc2ncc(C)c(N3CCC4(CCNC4=O)CC3)n2)cc1F. The van der Waals surface area contributed by atoms with E-state index in [1.165, 1.54) is 13.2 Å². The van der Waals surface area contributed by atoms with Gasteiger partial charge in [-0.2, -0.15) is 4.98 Å². The van der Waals surface area contributed by atoms with Crippen molar-refractivity contribution in [2.24, 2.45) is 5.41 Å². The summed E-state index contributed by atoms with van der Waals surface area (Å²) in [6, 6.07) is 4.63. The highest BCUT2D eigenvalue weighted by Gasteiger charge is 2.44. The van der Waals surface area contributed by atoms with E-state index in [0.29, 0.717) is 11.6 Å². The number of carbonyl (C=O) groups excluding carboxylic acids is 1.